The zero-order chi connectivity index (χ0) is 18.0. The molecule has 1 aromatic carbocycles. The minimum Gasteiger partial charge on any atom is -0.377 e. The molecule has 1 aromatic rings. The van der Waals surface area contributed by atoms with E-state index in [1.807, 2.05) is 6.07 Å². The minimum absolute atomic E-state index is 0.0519. The highest BCUT2D eigenvalue weighted by Gasteiger charge is 2.46. The van der Waals surface area contributed by atoms with Gasteiger partial charge in [0.1, 0.15) is 0 Å². The lowest BCUT2D eigenvalue weighted by atomic mass is 9.86. The molecule has 2 aliphatic heterocycles. The summed E-state index contributed by atoms with van der Waals surface area (Å²) in [6.45, 7) is 2.90. The van der Waals surface area contributed by atoms with Crippen molar-refractivity contribution in [2.75, 3.05) is 38.7 Å². The number of amides is 1. The van der Waals surface area contributed by atoms with Crippen LogP contribution in [-0.4, -0.2) is 55.9 Å². The molecular formula is C21H30N2O3. The number of piperidine rings is 1. The molecule has 0 bridgehead atoms. The fourth-order valence-corrected chi connectivity index (χ4v) is 4.89. The quantitative estimate of drug-likeness (QED) is 0.899. The molecule has 1 amide bonds. The van der Waals surface area contributed by atoms with Gasteiger partial charge in [-0.05, 0) is 62.1 Å². The topological polar surface area (TPSA) is 50.8 Å². The highest BCUT2D eigenvalue weighted by Crippen LogP contribution is 2.37. The van der Waals surface area contributed by atoms with Crippen LogP contribution in [0.4, 0.5) is 5.69 Å². The fourth-order valence-electron chi connectivity index (χ4n) is 4.89. The van der Waals surface area contributed by atoms with E-state index in [0.29, 0.717) is 6.54 Å². The van der Waals surface area contributed by atoms with E-state index < -0.39 is 0 Å². The number of nitrogens with zero attached hydrogens (tertiary/aromatic N) is 1. The van der Waals surface area contributed by atoms with Crippen LogP contribution in [-0.2, 0) is 27.1 Å². The number of benzene rings is 1. The normalized spacial score (nSPS) is 28.9. The van der Waals surface area contributed by atoms with Crippen LogP contribution in [0.25, 0.3) is 0 Å². The molecular weight excluding hydrogens is 328 g/mol. The zero-order valence-corrected chi connectivity index (χ0v) is 15.8. The van der Waals surface area contributed by atoms with E-state index in [0.717, 1.165) is 57.5 Å². The van der Waals surface area contributed by atoms with Crippen LogP contribution >= 0.6 is 0 Å². The van der Waals surface area contributed by atoms with E-state index >= 15 is 0 Å². The largest absolute Gasteiger partial charge is 0.377 e. The number of likely N-dealkylation sites (tertiary alicyclic amines) is 1. The first-order valence-corrected chi connectivity index (χ1v) is 10.00. The molecule has 1 aliphatic carbocycles. The first kappa shape index (κ1) is 18.0. The standard InChI is InChI=1S/C21H30N2O3/c1-25-19-14-23(12-11-21(19)10-5-13-26-21)15-20(24)22-18-9-4-7-16-6-2-3-8-17(16)18/h4,7,9,19H,2-3,5-6,8,10-15H2,1H3,(H,22,24)/t19-,21-/m0/s1. The minimum atomic E-state index is -0.125. The van der Waals surface area contributed by atoms with E-state index in [-0.39, 0.29) is 17.6 Å². The third-order valence-electron chi connectivity index (χ3n) is 6.32. The lowest BCUT2D eigenvalue weighted by molar-refractivity contribution is -0.145. The maximum atomic E-state index is 12.6. The van der Waals surface area contributed by atoms with E-state index in [9.17, 15) is 4.79 Å². The van der Waals surface area contributed by atoms with Crippen molar-refractivity contribution in [3.05, 3.63) is 29.3 Å². The number of carbonyl (C=O) groups excluding carboxylic acids is 1. The van der Waals surface area contributed by atoms with Gasteiger partial charge in [-0.2, -0.15) is 0 Å². The summed E-state index contributed by atoms with van der Waals surface area (Å²) in [6.07, 6.45) is 7.84. The van der Waals surface area contributed by atoms with Crippen molar-refractivity contribution in [3.8, 4) is 0 Å². The SMILES string of the molecule is CO[C@H]1CN(CC(=O)Nc2cccc3c2CCCC3)CC[C@@]12CCCO2. The number of nitrogens with one attached hydrogen (secondary N) is 1. The molecule has 142 valence electrons. The number of carbonyl (C=O) groups is 1. The first-order valence-electron chi connectivity index (χ1n) is 10.00. The van der Waals surface area contributed by atoms with Gasteiger partial charge in [-0.3, -0.25) is 9.69 Å². The molecule has 0 saturated carbocycles. The van der Waals surface area contributed by atoms with Crippen molar-refractivity contribution < 1.29 is 14.3 Å². The van der Waals surface area contributed by atoms with Gasteiger partial charge in [-0.15, -0.1) is 0 Å². The molecule has 1 spiro atoms. The van der Waals surface area contributed by atoms with Crippen LogP contribution in [0.1, 0.15) is 43.2 Å². The van der Waals surface area contributed by atoms with Crippen molar-refractivity contribution in [1.29, 1.82) is 0 Å². The smallest absolute Gasteiger partial charge is 0.238 e. The number of rotatable bonds is 4. The van der Waals surface area contributed by atoms with E-state index in [1.165, 1.54) is 24.0 Å². The molecule has 2 saturated heterocycles. The molecule has 5 nitrogen and oxygen atoms in total. The highest BCUT2D eigenvalue weighted by molar-refractivity contribution is 5.93. The summed E-state index contributed by atoms with van der Waals surface area (Å²) < 4.78 is 11.8. The molecule has 1 N–H and O–H groups in total. The van der Waals surface area contributed by atoms with Gasteiger partial charge in [0.05, 0.1) is 18.2 Å². The van der Waals surface area contributed by atoms with E-state index in [2.05, 4.69) is 22.3 Å². The molecule has 2 atom stereocenters. The monoisotopic (exact) mass is 358 g/mol. The van der Waals surface area contributed by atoms with Crippen LogP contribution in [0.15, 0.2) is 18.2 Å². The third-order valence-corrected chi connectivity index (χ3v) is 6.32. The van der Waals surface area contributed by atoms with Crippen molar-refractivity contribution in [1.82, 2.24) is 4.90 Å². The number of fused-ring (bicyclic) bond motifs is 1. The number of ether oxygens (including phenoxy) is 2. The summed E-state index contributed by atoms with van der Waals surface area (Å²) in [6, 6.07) is 6.29. The summed E-state index contributed by atoms with van der Waals surface area (Å²) in [4.78, 5) is 14.8. The molecule has 2 heterocycles. The Kier molecular flexibility index (Phi) is 5.30. The summed E-state index contributed by atoms with van der Waals surface area (Å²) in [5.74, 6) is 0.0714. The van der Waals surface area contributed by atoms with Crippen LogP contribution in [0, 0.1) is 0 Å². The first-order chi connectivity index (χ1) is 12.7. The van der Waals surface area contributed by atoms with Crippen LogP contribution < -0.4 is 5.32 Å². The summed E-state index contributed by atoms with van der Waals surface area (Å²) in [7, 11) is 1.76. The average molecular weight is 358 g/mol. The van der Waals surface area contributed by atoms with Gasteiger partial charge in [0, 0.05) is 32.5 Å². The number of methoxy groups -OCH3 is 1. The second-order valence-electron chi connectivity index (χ2n) is 7.92. The zero-order valence-electron chi connectivity index (χ0n) is 15.8. The summed E-state index contributed by atoms with van der Waals surface area (Å²) >= 11 is 0. The molecule has 5 heteroatoms. The van der Waals surface area contributed by atoms with Crippen LogP contribution in [0.3, 0.4) is 0 Å². The van der Waals surface area contributed by atoms with E-state index in [1.54, 1.807) is 7.11 Å². The Hall–Kier alpha value is -1.43. The molecule has 4 rings (SSSR count). The second-order valence-corrected chi connectivity index (χ2v) is 7.92. The van der Waals surface area contributed by atoms with Gasteiger partial charge in [0.15, 0.2) is 0 Å². The fraction of sp³-hybridized carbons (Fsp3) is 0.667. The molecule has 3 aliphatic rings. The highest BCUT2D eigenvalue weighted by atomic mass is 16.5. The molecule has 0 aromatic heterocycles. The Morgan fingerprint density at radius 2 is 2.19 bits per heavy atom. The van der Waals surface area contributed by atoms with Crippen LogP contribution in [0.2, 0.25) is 0 Å². The molecule has 26 heavy (non-hydrogen) atoms. The number of anilines is 1. The number of hydrogen-bond acceptors (Lipinski definition) is 4. The Labute approximate surface area is 156 Å². The lowest BCUT2D eigenvalue weighted by Crippen LogP contribution is -2.57. The Morgan fingerprint density at radius 3 is 3.00 bits per heavy atom. The van der Waals surface area contributed by atoms with Crippen molar-refractivity contribution in [2.24, 2.45) is 0 Å². The van der Waals surface area contributed by atoms with E-state index in [4.69, 9.17) is 9.47 Å². The second kappa shape index (κ2) is 7.67. The van der Waals surface area contributed by atoms with Gasteiger partial charge < -0.3 is 14.8 Å². The van der Waals surface area contributed by atoms with Gasteiger partial charge in [0.25, 0.3) is 0 Å². The predicted molar refractivity (Wildman–Crippen MR) is 101 cm³/mol. The maximum Gasteiger partial charge on any atom is 0.238 e. The number of aryl methyl sites for hydroxylation is 1. The Bertz CT molecular complexity index is 655. The van der Waals surface area contributed by atoms with Gasteiger partial charge in [-0.25, -0.2) is 0 Å². The van der Waals surface area contributed by atoms with Crippen molar-refractivity contribution in [2.45, 2.75) is 56.7 Å². The molecule has 0 unspecified atom stereocenters. The predicted octanol–water partition coefficient (Wildman–Crippen LogP) is 2.77. The van der Waals surface area contributed by atoms with Crippen LogP contribution in [0.5, 0.6) is 0 Å². The summed E-state index contributed by atoms with van der Waals surface area (Å²) in [5, 5.41) is 3.16. The van der Waals surface area contributed by atoms with Gasteiger partial charge >= 0.3 is 0 Å². The van der Waals surface area contributed by atoms with Gasteiger partial charge in [0.2, 0.25) is 5.91 Å². The lowest BCUT2D eigenvalue weighted by Gasteiger charge is -2.44. The Balaban J connectivity index is 1.37. The van der Waals surface area contributed by atoms with Crippen molar-refractivity contribution in [3.63, 3.8) is 0 Å². The number of hydrogen-bond donors (Lipinski definition) is 1. The Morgan fingerprint density at radius 1 is 1.31 bits per heavy atom. The molecule has 2 fully saturated rings. The van der Waals surface area contributed by atoms with Crippen molar-refractivity contribution >= 4 is 11.6 Å². The third kappa shape index (κ3) is 3.53. The summed E-state index contributed by atoms with van der Waals surface area (Å²) in [5.41, 5.74) is 3.61. The molecule has 0 radical (unpaired) electrons. The maximum absolute atomic E-state index is 12.6. The average Bonchev–Trinajstić information content (AvgIpc) is 3.13. The van der Waals surface area contributed by atoms with Gasteiger partial charge in [-0.1, -0.05) is 12.1 Å².